The first-order valence-electron chi connectivity index (χ1n) is 5.97. The van der Waals surface area contributed by atoms with Crippen molar-refractivity contribution in [2.45, 2.75) is 26.7 Å². The van der Waals surface area contributed by atoms with Gasteiger partial charge in [-0.1, -0.05) is 38.1 Å². The highest BCUT2D eigenvalue weighted by atomic mass is 16.3. The van der Waals surface area contributed by atoms with Gasteiger partial charge in [0.2, 0.25) is 5.78 Å². The summed E-state index contributed by atoms with van der Waals surface area (Å²) in [5, 5.41) is 0. The first-order chi connectivity index (χ1) is 8.24. The number of furan rings is 1. The Hall–Kier alpha value is -1.83. The van der Waals surface area contributed by atoms with E-state index in [1.54, 1.807) is 6.07 Å². The Labute approximate surface area is 101 Å². The van der Waals surface area contributed by atoms with Crippen molar-refractivity contribution >= 4 is 5.78 Å². The molecule has 1 aromatic heterocycles. The topological polar surface area (TPSA) is 30.2 Å². The molecule has 0 aliphatic heterocycles. The Bertz CT molecular complexity index is 506. The van der Waals surface area contributed by atoms with Gasteiger partial charge in [-0.25, -0.2) is 0 Å². The fourth-order valence-corrected chi connectivity index (χ4v) is 1.72. The number of rotatable bonds is 4. The van der Waals surface area contributed by atoms with E-state index in [9.17, 15) is 4.79 Å². The van der Waals surface area contributed by atoms with Gasteiger partial charge in [-0.2, -0.15) is 0 Å². The molecule has 0 bridgehead atoms. The summed E-state index contributed by atoms with van der Waals surface area (Å²) < 4.78 is 5.46. The molecule has 1 aromatic carbocycles. The lowest BCUT2D eigenvalue weighted by Crippen LogP contribution is -1.99. The zero-order valence-electron chi connectivity index (χ0n) is 10.2. The van der Waals surface area contributed by atoms with E-state index in [0.29, 0.717) is 11.3 Å². The molecule has 88 valence electrons. The van der Waals surface area contributed by atoms with E-state index in [1.165, 1.54) is 5.56 Å². The van der Waals surface area contributed by atoms with E-state index in [2.05, 4.69) is 6.92 Å². The molecular formula is C15H16O2. The van der Waals surface area contributed by atoms with Crippen LogP contribution in [0.4, 0.5) is 0 Å². The molecule has 1 heterocycles. The first kappa shape index (κ1) is 11.6. The molecule has 0 spiro atoms. The fraction of sp³-hybridized carbons (Fsp3) is 0.267. The summed E-state index contributed by atoms with van der Waals surface area (Å²) in [6.45, 7) is 4.10. The van der Waals surface area contributed by atoms with Crippen LogP contribution < -0.4 is 0 Å². The molecule has 0 amide bonds. The summed E-state index contributed by atoms with van der Waals surface area (Å²) in [4.78, 5) is 12.1. The normalized spacial score (nSPS) is 10.5. The van der Waals surface area contributed by atoms with Crippen LogP contribution in [-0.4, -0.2) is 5.78 Å². The van der Waals surface area contributed by atoms with Crippen molar-refractivity contribution in [1.29, 1.82) is 0 Å². The van der Waals surface area contributed by atoms with Crippen molar-refractivity contribution < 1.29 is 9.21 Å². The maximum atomic E-state index is 12.1. The van der Waals surface area contributed by atoms with Gasteiger partial charge < -0.3 is 4.42 Å². The average molecular weight is 228 g/mol. The molecule has 2 rings (SSSR count). The number of hydrogen-bond acceptors (Lipinski definition) is 2. The minimum atomic E-state index is -0.0487. The number of hydrogen-bond donors (Lipinski definition) is 0. The smallest absolute Gasteiger partial charge is 0.228 e. The van der Waals surface area contributed by atoms with Crippen molar-refractivity contribution in [3.63, 3.8) is 0 Å². The second kappa shape index (κ2) is 5.00. The maximum Gasteiger partial charge on any atom is 0.228 e. The van der Waals surface area contributed by atoms with Crippen LogP contribution >= 0.6 is 0 Å². The highest BCUT2D eigenvalue weighted by Crippen LogP contribution is 2.14. The number of aryl methyl sites for hydroxylation is 2. The summed E-state index contributed by atoms with van der Waals surface area (Å²) >= 11 is 0. The van der Waals surface area contributed by atoms with Gasteiger partial charge in [-0.3, -0.25) is 4.79 Å². The van der Waals surface area contributed by atoms with Crippen LogP contribution in [0.3, 0.4) is 0 Å². The van der Waals surface area contributed by atoms with Crippen LogP contribution in [-0.2, 0) is 12.8 Å². The number of carbonyl (C=O) groups is 1. The maximum absolute atomic E-state index is 12.1. The minimum Gasteiger partial charge on any atom is -0.458 e. The molecule has 0 aliphatic rings. The first-order valence-corrected chi connectivity index (χ1v) is 5.97. The van der Waals surface area contributed by atoms with Gasteiger partial charge in [0.1, 0.15) is 5.76 Å². The Morgan fingerprint density at radius 1 is 1.00 bits per heavy atom. The SMILES string of the molecule is CCc1ccc(C(=O)c2ccc(CC)o2)cc1. The largest absolute Gasteiger partial charge is 0.458 e. The zero-order chi connectivity index (χ0) is 12.3. The predicted molar refractivity (Wildman–Crippen MR) is 67.3 cm³/mol. The minimum absolute atomic E-state index is 0.0487. The second-order valence-electron chi connectivity index (χ2n) is 4.00. The summed E-state index contributed by atoms with van der Waals surface area (Å²) in [7, 11) is 0. The molecule has 0 saturated carbocycles. The van der Waals surface area contributed by atoms with Gasteiger partial charge >= 0.3 is 0 Å². The standard InChI is InChI=1S/C15H16O2/c1-3-11-5-7-12(8-6-11)15(16)14-10-9-13(4-2)17-14/h5-10H,3-4H2,1-2H3. The van der Waals surface area contributed by atoms with E-state index in [0.717, 1.165) is 18.6 Å². The fourth-order valence-electron chi connectivity index (χ4n) is 1.72. The van der Waals surface area contributed by atoms with Crippen LogP contribution in [0.5, 0.6) is 0 Å². The molecular weight excluding hydrogens is 212 g/mol. The molecule has 0 N–H and O–H groups in total. The molecule has 17 heavy (non-hydrogen) atoms. The lowest BCUT2D eigenvalue weighted by molar-refractivity contribution is 0.101. The molecule has 2 aromatic rings. The van der Waals surface area contributed by atoms with E-state index in [1.807, 2.05) is 37.3 Å². The highest BCUT2D eigenvalue weighted by molar-refractivity contribution is 6.07. The lowest BCUT2D eigenvalue weighted by atomic mass is 10.1. The van der Waals surface area contributed by atoms with Gasteiger partial charge in [-0.05, 0) is 24.1 Å². The monoisotopic (exact) mass is 228 g/mol. The van der Waals surface area contributed by atoms with E-state index < -0.39 is 0 Å². The molecule has 2 heteroatoms. The van der Waals surface area contributed by atoms with Gasteiger partial charge in [0.05, 0.1) is 0 Å². The van der Waals surface area contributed by atoms with Gasteiger partial charge in [0.15, 0.2) is 5.76 Å². The van der Waals surface area contributed by atoms with E-state index >= 15 is 0 Å². The molecule has 0 fully saturated rings. The summed E-state index contributed by atoms with van der Waals surface area (Å²) in [5.41, 5.74) is 1.91. The van der Waals surface area contributed by atoms with Crippen LogP contribution in [0.1, 0.15) is 41.3 Å². The third-order valence-corrected chi connectivity index (χ3v) is 2.86. The summed E-state index contributed by atoms with van der Waals surface area (Å²) in [6.07, 6.45) is 1.79. The number of benzene rings is 1. The van der Waals surface area contributed by atoms with E-state index in [4.69, 9.17) is 4.42 Å². The Morgan fingerprint density at radius 3 is 2.24 bits per heavy atom. The van der Waals surface area contributed by atoms with Crippen LogP contribution in [0.25, 0.3) is 0 Å². The van der Waals surface area contributed by atoms with Crippen molar-refractivity contribution in [2.75, 3.05) is 0 Å². The van der Waals surface area contributed by atoms with Crippen LogP contribution in [0, 0.1) is 0 Å². The van der Waals surface area contributed by atoms with Crippen molar-refractivity contribution in [3.05, 3.63) is 59.0 Å². The Balaban J connectivity index is 2.23. The van der Waals surface area contributed by atoms with Crippen molar-refractivity contribution in [3.8, 4) is 0 Å². The lowest BCUT2D eigenvalue weighted by Gasteiger charge is -2.00. The third-order valence-electron chi connectivity index (χ3n) is 2.86. The highest BCUT2D eigenvalue weighted by Gasteiger charge is 2.12. The van der Waals surface area contributed by atoms with Crippen LogP contribution in [0.15, 0.2) is 40.8 Å². The Kier molecular flexibility index (Phi) is 3.43. The average Bonchev–Trinajstić information content (AvgIpc) is 2.87. The molecule has 0 aliphatic carbocycles. The third kappa shape index (κ3) is 2.47. The quantitative estimate of drug-likeness (QED) is 0.748. The molecule has 0 unspecified atom stereocenters. The van der Waals surface area contributed by atoms with Gasteiger partial charge in [0, 0.05) is 12.0 Å². The van der Waals surface area contributed by atoms with Crippen molar-refractivity contribution in [1.82, 2.24) is 0 Å². The van der Waals surface area contributed by atoms with Crippen molar-refractivity contribution in [2.24, 2.45) is 0 Å². The van der Waals surface area contributed by atoms with Gasteiger partial charge in [-0.15, -0.1) is 0 Å². The number of ketones is 1. The molecule has 0 atom stereocenters. The molecule has 2 nitrogen and oxygen atoms in total. The van der Waals surface area contributed by atoms with Gasteiger partial charge in [0.25, 0.3) is 0 Å². The Morgan fingerprint density at radius 2 is 1.71 bits per heavy atom. The molecule has 0 saturated heterocycles. The second-order valence-corrected chi connectivity index (χ2v) is 4.00. The predicted octanol–water partition coefficient (Wildman–Crippen LogP) is 3.64. The zero-order valence-corrected chi connectivity index (χ0v) is 10.2. The van der Waals surface area contributed by atoms with E-state index in [-0.39, 0.29) is 5.78 Å². The molecule has 0 radical (unpaired) electrons. The number of carbonyl (C=O) groups excluding carboxylic acids is 1. The summed E-state index contributed by atoms with van der Waals surface area (Å²) in [5.74, 6) is 1.22. The van der Waals surface area contributed by atoms with Crippen LogP contribution in [0.2, 0.25) is 0 Å². The summed E-state index contributed by atoms with van der Waals surface area (Å²) in [6, 6.07) is 11.3.